The standard InChI is InChI=1S/C12H24N2OS/c1-10(13)11-5-3-7-14(9-11)12(15)6-4-8-16-2/h10-11H,3-9,13H2,1-2H3. The number of carbonyl (C=O) groups excluding carboxylic acids is 1. The molecule has 1 saturated heterocycles. The molecule has 0 bridgehead atoms. The summed E-state index contributed by atoms with van der Waals surface area (Å²) in [7, 11) is 0. The van der Waals surface area contributed by atoms with Crippen LogP contribution in [0.2, 0.25) is 0 Å². The van der Waals surface area contributed by atoms with Gasteiger partial charge in [0.05, 0.1) is 0 Å². The molecule has 1 heterocycles. The summed E-state index contributed by atoms with van der Waals surface area (Å²) in [5.74, 6) is 1.90. The molecule has 0 radical (unpaired) electrons. The van der Waals surface area contributed by atoms with E-state index in [4.69, 9.17) is 5.73 Å². The third kappa shape index (κ3) is 4.34. The number of hydrogen-bond acceptors (Lipinski definition) is 3. The summed E-state index contributed by atoms with van der Waals surface area (Å²) in [5, 5.41) is 0. The molecule has 1 aliphatic heterocycles. The van der Waals surface area contributed by atoms with Gasteiger partial charge in [0.25, 0.3) is 0 Å². The molecular weight excluding hydrogens is 220 g/mol. The Kier molecular flexibility index (Phi) is 6.21. The summed E-state index contributed by atoms with van der Waals surface area (Å²) >= 11 is 1.80. The smallest absolute Gasteiger partial charge is 0.222 e. The van der Waals surface area contributed by atoms with Gasteiger partial charge in [0.1, 0.15) is 0 Å². The number of hydrogen-bond donors (Lipinski definition) is 1. The zero-order chi connectivity index (χ0) is 12.0. The van der Waals surface area contributed by atoms with Crippen molar-refractivity contribution < 1.29 is 4.79 Å². The summed E-state index contributed by atoms with van der Waals surface area (Å²) in [5.41, 5.74) is 5.91. The fourth-order valence-corrected chi connectivity index (χ4v) is 2.62. The van der Waals surface area contributed by atoms with Crippen LogP contribution < -0.4 is 5.73 Å². The largest absolute Gasteiger partial charge is 0.342 e. The van der Waals surface area contributed by atoms with E-state index in [-0.39, 0.29) is 6.04 Å². The number of carbonyl (C=O) groups is 1. The maximum atomic E-state index is 11.9. The van der Waals surface area contributed by atoms with E-state index in [0.29, 0.717) is 18.2 Å². The lowest BCUT2D eigenvalue weighted by Crippen LogP contribution is -2.45. The number of piperidine rings is 1. The number of likely N-dealkylation sites (tertiary alicyclic amines) is 1. The highest BCUT2D eigenvalue weighted by molar-refractivity contribution is 7.98. The second kappa shape index (κ2) is 7.17. The highest BCUT2D eigenvalue weighted by atomic mass is 32.2. The molecule has 3 nitrogen and oxygen atoms in total. The first kappa shape index (κ1) is 13.8. The summed E-state index contributed by atoms with van der Waals surface area (Å²) in [4.78, 5) is 13.9. The zero-order valence-electron chi connectivity index (χ0n) is 10.4. The van der Waals surface area contributed by atoms with E-state index >= 15 is 0 Å². The molecule has 1 aliphatic rings. The molecule has 2 N–H and O–H groups in total. The number of amides is 1. The predicted molar refractivity (Wildman–Crippen MR) is 70.6 cm³/mol. The number of nitrogens with zero attached hydrogens (tertiary/aromatic N) is 1. The normalized spacial score (nSPS) is 23.2. The van der Waals surface area contributed by atoms with Crippen LogP contribution >= 0.6 is 11.8 Å². The van der Waals surface area contributed by atoms with Gasteiger partial charge in [-0.15, -0.1) is 0 Å². The fraction of sp³-hybridized carbons (Fsp3) is 0.917. The van der Waals surface area contributed by atoms with Crippen molar-refractivity contribution in [2.75, 3.05) is 25.1 Å². The van der Waals surface area contributed by atoms with Crippen LogP contribution in [0, 0.1) is 5.92 Å². The molecule has 1 rings (SSSR count). The molecule has 94 valence electrons. The third-order valence-corrected chi connectivity index (χ3v) is 3.99. The van der Waals surface area contributed by atoms with E-state index in [9.17, 15) is 4.79 Å². The van der Waals surface area contributed by atoms with Crippen LogP contribution in [-0.4, -0.2) is 41.9 Å². The topological polar surface area (TPSA) is 46.3 Å². The maximum absolute atomic E-state index is 11.9. The van der Waals surface area contributed by atoms with Gasteiger partial charge in [-0.05, 0) is 44.1 Å². The Balaban J connectivity index is 2.32. The Morgan fingerprint density at radius 2 is 2.38 bits per heavy atom. The summed E-state index contributed by atoms with van der Waals surface area (Å²) < 4.78 is 0. The first-order valence-electron chi connectivity index (χ1n) is 6.17. The van der Waals surface area contributed by atoms with Gasteiger partial charge in [0.2, 0.25) is 5.91 Å². The van der Waals surface area contributed by atoms with Crippen LogP contribution in [0.15, 0.2) is 0 Å². The number of nitrogens with two attached hydrogens (primary N) is 1. The van der Waals surface area contributed by atoms with Gasteiger partial charge in [-0.1, -0.05) is 0 Å². The van der Waals surface area contributed by atoms with Crippen LogP contribution in [0.5, 0.6) is 0 Å². The summed E-state index contributed by atoms with van der Waals surface area (Å²) in [6.45, 7) is 3.85. The Morgan fingerprint density at radius 3 is 3.00 bits per heavy atom. The highest BCUT2D eigenvalue weighted by Crippen LogP contribution is 2.19. The average molecular weight is 244 g/mol. The molecule has 4 heteroatoms. The van der Waals surface area contributed by atoms with Gasteiger partial charge < -0.3 is 10.6 Å². The highest BCUT2D eigenvalue weighted by Gasteiger charge is 2.25. The van der Waals surface area contributed by atoms with Gasteiger partial charge >= 0.3 is 0 Å². The molecule has 0 aromatic carbocycles. The quantitative estimate of drug-likeness (QED) is 0.749. The molecule has 2 unspecified atom stereocenters. The van der Waals surface area contributed by atoms with Gasteiger partial charge in [-0.2, -0.15) is 11.8 Å². The van der Waals surface area contributed by atoms with Crippen molar-refractivity contribution in [3.05, 3.63) is 0 Å². The number of rotatable bonds is 5. The summed E-state index contributed by atoms with van der Waals surface area (Å²) in [6, 6.07) is 0.210. The van der Waals surface area contributed by atoms with Gasteiger partial charge in [-0.3, -0.25) is 4.79 Å². The van der Waals surface area contributed by atoms with Gasteiger partial charge in [0, 0.05) is 25.6 Å². The Labute approximate surface area is 103 Å². The van der Waals surface area contributed by atoms with Crippen LogP contribution in [0.1, 0.15) is 32.6 Å². The predicted octanol–water partition coefficient (Wildman–Crippen LogP) is 1.72. The fourth-order valence-electron chi connectivity index (χ4n) is 2.19. The van der Waals surface area contributed by atoms with Crippen molar-refractivity contribution in [1.29, 1.82) is 0 Å². The van der Waals surface area contributed by atoms with Gasteiger partial charge in [-0.25, -0.2) is 0 Å². The molecule has 0 aliphatic carbocycles. The molecule has 2 atom stereocenters. The van der Waals surface area contributed by atoms with E-state index in [1.807, 2.05) is 11.8 Å². The lowest BCUT2D eigenvalue weighted by Gasteiger charge is -2.34. The van der Waals surface area contributed by atoms with E-state index in [2.05, 4.69) is 6.26 Å². The lowest BCUT2D eigenvalue weighted by atomic mass is 9.92. The average Bonchev–Trinajstić information content (AvgIpc) is 2.29. The molecular formula is C12H24N2OS. The molecule has 0 saturated carbocycles. The van der Waals surface area contributed by atoms with Crippen molar-refractivity contribution >= 4 is 17.7 Å². The SMILES string of the molecule is CSCCCC(=O)N1CCCC(C(C)N)C1. The van der Waals surface area contributed by atoms with E-state index < -0.39 is 0 Å². The van der Waals surface area contributed by atoms with Crippen molar-refractivity contribution in [3.63, 3.8) is 0 Å². The molecule has 0 aromatic rings. The molecule has 0 spiro atoms. The minimum absolute atomic E-state index is 0.210. The van der Waals surface area contributed by atoms with Crippen LogP contribution in [0.3, 0.4) is 0 Å². The van der Waals surface area contributed by atoms with E-state index in [1.165, 1.54) is 6.42 Å². The first-order valence-corrected chi connectivity index (χ1v) is 7.57. The Hall–Kier alpha value is -0.220. The second-order valence-electron chi connectivity index (χ2n) is 4.70. The van der Waals surface area contributed by atoms with Crippen molar-refractivity contribution in [3.8, 4) is 0 Å². The minimum Gasteiger partial charge on any atom is -0.342 e. The van der Waals surface area contributed by atoms with Crippen LogP contribution in [0.25, 0.3) is 0 Å². The summed E-state index contributed by atoms with van der Waals surface area (Å²) in [6.07, 6.45) is 6.07. The Bertz CT molecular complexity index is 221. The van der Waals surface area contributed by atoms with Crippen molar-refractivity contribution in [2.45, 2.75) is 38.6 Å². The molecule has 1 amide bonds. The van der Waals surface area contributed by atoms with E-state index in [1.54, 1.807) is 11.8 Å². The van der Waals surface area contributed by atoms with Crippen molar-refractivity contribution in [1.82, 2.24) is 4.90 Å². The monoisotopic (exact) mass is 244 g/mol. The zero-order valence-corrected chi connectivity index (χ0v) is 11.3. The first-order chi connectivity index (χ1) is 7.65. The lowest BCUT2D eigenvalue weighted by molar-refractivity contribution is -0.133. The number of thioether (sulfide) groups is 1. The van der Waals surface area contributed by atoms with Crippen LogP contribution in [0.4, 0.5) is 0 Å². The van der Waals surface area contributed by atoms with Crippen molar-refractivity contribution in [2.24, 2.45) is 11.7 Å². The second-order valence-corrected chi connectivity index (χ2v) is 5.68. The van der Waals surface area contributed by atoms with Gasteiger partial charge in [0.15, 0.2) is 0 Å². The third-order valence-electron chi connectivity index (χ3n) is 3.29. The molecule has 1 fully saturated rings. The molecule has 0 aromatic heterocycles. The van der Waals surface area contributed by atoms with Crippen LogP contribution in [-0.2, 0) is 4.79 Å². The van der Waals surface area contributed by atoms with E-state index in [0.717, 1.165) is 31.7 Å². The Morgan fingerprint density at radius 1 is 1.62 bits per heavy atom. The maximum Gasteiger partial charge on any atom is 0.222 e. The minimum atomic E-state index is 0.210. The molecule has 16 heavy (non-hydrogen) atoms.